The molecule has 0 amide bonds. The van der Waals surface area contributed by atoms with Crippen LogP contribution in [0.1, 0.15) is 112 Å². The van der Waals surface area contributed by atoms with Crippen molar-refractivity contribution in [2.45, 2.75) is 124 Å². The Labute approximate surface area is 199 Å². The number of hydrogen-bond acceptors (Lipinski definition) is 2. The summed E-state index contributed by atoms with van der Waals surface area (Å²) < 4.78 is 13.2. The first kappa shape index (κ1) is 23.7. The third-order valence-electron chi connectivity index (χ3n) is 12.6. The molecule has 5 fully saturated rings. The zero-order chi connectivity index (χ0) is 22.9. The first-order chi connectivity index (χ1) is 15.2. The highest BCUT2D eigenvalue weighted by Gasteiger charge is 2.68. The van der Waals surface area contributed by atoms with Gasteiger partial charge in [0.15, 0.2) is 5.79 Å². The van der Waals surface area contributed by atoms with Gasteiger partial charge in [0.25, 0.3) is 8.05 Å². The summed E-state index contributed by atoms with van der Waals surface area (Å²) in [5.41, 5.74) is 1.07. The molecular formula is C29H51BO2. The number of fused-ring (bicyclic) bond motifs is 7. The molecule has 3 heteroatoms. The number of rotatable bonds is 5. The summed E-state index contributed by atoms with van der Waals surface area (Å²) in [7, 11) is 1.91. The van der Waals surface area contributed by atoms with Crippen molar-refractivity contribution in [2.75, 3.05) is 0 Å². The average molecular weight is 443 g/mol. The Bertz CT molecular complexity index is 697. The molecule has 2 nitrogen and oxygen atoms in total. The highest BCUT2D eigenvalue weighted by molar-refractivity contribution is 5.98. The van der Waals surface area contributed by atoms with E-state index in [1.165, 1.54) is 64.2 Å². The Hall–Kier alpha value is -0.0151. The van der Waals surface area contributed by atoms with Gasteiger partial charge in [-0.15, -0.1) is 0 Å². The normalized spacial score (nSPS) is 55.6. The van der Waals surface area contributed by atoms with E-state index in [9.17, 15) is 0 Å². The van der Waals surface area contributed by atoms with E-state index >= 15 is 0 Å². The van der Waals surface area contributed by atoms with Crippen LogP contribution in [0.15, 0.2) is 0 Å². The van der Waals surface area contributed by atoms with Gasteiger partial charge in [-0.2, -0.15) is 0 Å². The zero-order valence-electron chi connectivity index (χ0n) is 22.3. The average Bonchev–Trinajstić information content (AvgIpc) is 3.23. The van der Waals surface area contributed by atoms with Crippen LogP contribution in [0.2, 0.25) is 0 Å². The SMILES string of the molecule is BOC1(CCC(C)CC)OC2CC3C4CCC5CC(C)CCC5(C)C4CCC3(C)C2[C@@H]1C. The first-order valence-corrected chi connectivity index (χ1v) is 14.4. The van der Waals surface area contributed by atoms with E-state index in [2.05, 4.69) is 41.5 Å². The van der Waals surface area contributed by atoms with Crippen LogP contribution in [0, 0.1) is 58.2 Å². The van der Waals surface area contributed by atoms with Crippen molar-refractivity contribution in [1.82, 2.24) is 0 Å². The standard InChI is InChI=1S/C29H51BO2/c1-7-18(2)11-15-29(32-30)20(4)26-25(31-29)17-24-22-9-8-21-16-19(3)10-13-27(21,5)23(22)12-14-28(24,26)6/h18-26H,7-17,30H2,1-6H3/t18?,19?,20-,21?,22?,23?,24?,25?,26?,27?,28?,29?/m0/s1. The van der Waals surface area contributed by atoms with Gasteiger partial charge in [-0.05, 0) is 104 Å². The maximum Gasteiger partial charge on any atom is 0.261 e. The summed E-state index contributed by atoms with van der Waals surface area (Å²) >= 11 is 0. The third-order valence-corrected chi connectivity index (χ3v) is 12.6. The molecule has 0 aromatic carbocycles. The minimum absolute atomic E-state index is 0.341. The molecule has 1 saturated heterocycles. The Balaban J connectivity index is 1.36. The quantitative estimate of drug-likeness (QED) is 0.426. The second kappa shape index (κ2) is 8.29. The smallest absolute Gasteiger partial charge is 0.261 e. The monoisotopic (exact) mass is 442 g/mol. The van der Waals surface area contributed by atoms with E-state index in [0.29, 0.717) is 28.8 Å². The predicted molar refractivity (Wildman–Crippen MR) is 135 cm³/mol. The van der Waals surface area contributed by atoms with Crippen molar-refractivity contribution >= 4 is 8.05 Å². The summed E-state index contributed by atoms with van der Waals surface area (Å²) in [5.74, 6) is 6.35. The molecule has 0 spiro atoms. The van der Waals surface area contributed by atoms with Gasteiger partial charge in [-0.3, -0.25) is 0 Å². The molecule has 0 N–H and O–H groups in total. The molecule has 0 aromatic heterocycles. The van der Waals surface area contributed by atoms with Crippen LogP contribution in [0.5, 0.6) is 0 Å². The minimum Gasteiger partial charge on any atom is -0.418 e. The first-order valence-electron chi connectivity index (χ1n) is 14.4. The topological polar surface area (TPSA) is 18.5 Å². The molecule has 12 atom stereocenters. The lowest BCUT2D eigenvalue weighted by atomic mass is 9.44. The van der Waals surface area contributed by atoms with Gasteiger partial charge < -0.3 is 9.39 Å². The van der Waals surface area contributed by atoms with E-state index in [0.717, 1.165) is 41.9 Å². The third kappa shape index (κ3) is 3.33. The minimum atomic E-state index is -0.341. The molecule has 0 aromatic rings. The van der Waals surface area contributed by atoms with E-state index in [-0.39, 0.29) is 5.79 Å². The fourth-order valence-corrected chi connectivity index (χ4v) is 10.4. The largest absolute Gasteiger partial charge is 0.418 e. The lowest BCUT2D eigenvalue weighted by molar-refractivity contribution is -0.202. The summed E-state index contributed by atoms with van der Waals surface area (Å²) in [6, 6.07) is 0. The predicted octanol–water partition coefficient (Wildman–Crippen LogP) is 7.01. The Morgan fingerprint density at radius 2 is 1.75 bits per heavy atom. The van der Waals surface area contributed by atoms with Crippen LogP contribution < -0.4 is 0 Å². The summed E-state index contributed by atoms with van der Waals surface area (Å²) in [6.45, 7) is 15.1. The van der Waals surface area contributed by atoms with Gasteiger partial charge in [0.05, 0.1) is 6.10 Å². The second-order valence-corrected chi connectivity index (χ2v) is 13.9. The van der Waals surface area contributed by atoms with E-state index < -0.39 is 0 Å². The molecule has 5 rings (SSSR count). The fraction of sp³-hybridized carbons (Fsp3) is 1.00. The summed E-state index contributed by atoms with van der Waals surface area (Å²) in [4.78, 5) is 0. The van der Waals surface area contributed by atoms with Crippen LogP contribution in [-0.4, -0.2) is 19.9 Å². The number of hydrogen-bond donors (Lipinski definition) is 0. The van der Waals surface area contributed by atoms with Gasteiger partial charge in [-0.1, -0.05) is 54.4 Å². The zero-order valence-corrected chi connectivity index (χ0v) is 22.3. The number of ether oxygens (including phenoxy) is 1. The van der Waals surface area contributed by atoms with E-state index in [4.69, 9.17) is 9.39 Å². The molecule has 11 unspecified atom stereocenters. The van der Waals surface area contributed by atoms with Crippen molar-refractivity contribution in [3.8, 4) is 0 Å². The Morgan fingerprint density at radius 1 is 1.00 bits per heavy atom. The molecule has 5 aliphatic rings. The van der Waals surface area contributed by atoms with E-state index in [1.54, 1.807) is 0 Å². The Kier molecular flexibility index (Phi) is 6.14. The highest BCUT2D eigenvalue weighted by atomic mass is 16.7. The van der Waals surface area contributed by atoms with Crippen LogP contribution in [0.25, 0.3) is 0 Å². The molecule has 1 aliphatic heterocycles. The van der Waals surface area contributed by atoms with Gasteiger partial charge in [0, 0.05) is 12.3 Å². The molecular weight excluding hydrogens is 391 g/mol. The van der Waals surface area contributed by atoms with Gasteiger partial charge in [0.1, 0.15) is 0 Å². The van der Waals surface area contributed by atoms with Gasteiger partial charge in [0.2, 0.25) is 0 Å². The lowest BCUT2D eigenvalue weighted by Gasteiger charge is -2.61. The molecule has 32 heavy (non-hydrogen) atoms. The van der Waals surface area contributed by atoms with Crippen molar-refractivity contribution in [2.24, 2.45) is 58.2 Å². The maximum atomic E-state index is 6.99. The van der Waals surface area contributed by atoms with Crippen molar-refractivity contribution < 1.29 is 9.39 Å². The molecule has 1 heterocycles. The highest BCUT2D eigenvalue weighted by Crippen LogP contribution is 2.71. The van der Waals surface area contributed by atoms with Crippen LogP contribution in [0.4, 0.5) is 0 Å². The summed E-state index contributed by atoms with van der Waals surface area (Å²) in [6.07, 6.45) is 15.6. The van der Waals surface area contributed by atoms with Crippen LogP contribution in [-0.2, 0) is 9.39 Å². The van der Waals surface area contributed by atoms with Gasteiger partial charge in [-0.25, -0.2) is 0 Å². The van der Waals surface area contributed by atoms with Crippen molar-refractivity contribution in [3.05, 3.63) is 0 Å². The van der Waals surface area contributed by atoms with Gasteiger partial charge >= 0.3 is 0 Å². The van der Waals surface area contributed by atoms with E-state index in [1.807, 2.05) is 8.05 Å². The molecule has 0 bridgehead atoms. The van der Waals surface area contributed by atoms with Crippen LogP contribution >= 0.6 is 0 Å². The molecule has 0 radical (unpaired) electrons. The second-order valence-electron chi connectivity index (χ2n) is 13.9. The molecule has 4 saturated carbocycles. The maximum absolute atomic E-state index is 6.99. The fourth-order valence-electron chi connectivity index (χ4n) is 10.4. The van der Waals surface area contributed by atoms with Crippen LogP contribution in [0.3, 0.4) is 0 Å². The Morgan fingerprint density at radius 3 is 2.47 bits per heavy atom. The molecule has 4 aliphatic carbocycles. The summed E-state index contributed by atoms with van der Waals surface area (Å²) in [5, 5.41) is 0. The van der Waals surface area contributed by atoms with Crippen molar-refractivity contribution in [1.29, 1.82) is 0 Å². The lowest BCUT2D eigenvalue weighted by Crippen LogP contribution is -2.54. The molecule has 182 valence electrons. The van der Waals surface area contributed by atoms with Crippen molar-refractivity contribution in [3.63, 3.8) is 0 Å².